The highest BCUT2D eigenvalue weighted by atomic mass is 16.5. The van der Waals surface area contributed by atoms with Crippen molar-refractivity contribution in [1.29, 1.82) is 0 Å². The summed E-state index contributed by atoms with van der Waals surface area (Å²) in [7, 11) is 1.60. The lowest BCUT2D eigenvalue weighted by Crippen LogP contribution is -1.99. The fourth-order valence-electron chi connectivity index (χ4n) is 1.32. The first-order valence-electron chi connectivity index (χ1n) is 4.99. The zero-order valence-electron chi connectivity index (χ0n) is 9.32. The third-order valence-electron chi connectivity index (χ3n) is 2.22. The normalized spacial score (nSPS) is 11.9. The number of hydrogen-bond acceptors (Lipinski definition) is 3. The van der Waals surface area contributed by atoms with E-state index < -0.39 is 0 Å². The molecule has 1 rings (SSSR count). The smallest absolute Gasteiger partial charge is 0.161 e. The van der Waals surface area contributed by atoms with E-state index in [0.29, 0.717) is 18.1 Å². The van der Waals surface area contributed by atoms with E-state index in [1.807, 2.05) is 32.0 Å². The van der Waals surface area contributed by atoms with E-state index in [4.69, 9.17) is 9.47 Å². The Morgan fingerprint density at radius 3 is 2.67 bits per heavy atom. The topological polar surface area (TPSA) is 35.5 Å². The highest BCUT2D eigenvalue weighted by Gasteiger charge is 2.09. The van der Waals surface area contributed by atoms with Gasteiger partial charge in [-0.1, -0.05) is 13.0 Å². The van der Waals surface area contributed by atoms with E-state index in [2.05, 4.69) is 0 Å². The molecule has 0 fully saturated rings. The molecule has 0 aliphatic rings. The first kappa shape index (κ1) is 11.6. The summed E-state index contributed by atoms with van der Waals surface area (Å²) in [6.45, 7) is 4.34. The van der Waals surface area contributed by atoms with Crippen molar-refractivity contribution >= 4 is 6.29 Å². The lowest BCUT2D eigenvalue weighted by atomic mass is 10.0. The van der Waals surface area contributed by atoms with Gasteiger partial charge < -0.3 is 14.3 Å². The second-order valence-corrected chi connectivity index (χ2v) is 3.27. The van der Waals surface area contributed by atoms with Crippen molar-refractivity contribution in [2.24, 2.45) is 0 Å². The van der Waals surface area contributed by atoms with Gasteiger partial charge in [0.25, 0.3) is 0 Å². The monoisotopic (exact) mass is 208 g/mol. The molecule has 0 aliphatic heterocycles. The minimum Gasteiger partial charge on any atom is -0.493 e. The predicted octanol–water partition coefficient (Wildman–Crippen LogP) is 2.40. The van der Waals surface area contributed by atoms with Crippen LogP contribution in [-0.2, 0) is 4.79 Å². The average Bonchev–Trinajstić information content (AvgIpc) is 2.28. The molecule has 1 atom stereocenters. The van der Waals surface area contributed by atoms with Gasteiger partial charge in [-0.3, -0.25) is 0 Å². The average molecular weight is 208 g/mol. The Bertz CT molecular complexity index is 334. The van der Waals surface area contributed by atoms with Crippen LogP contribution in [-0.4, -0.2) is 20.0 Å². The highest BCUT2D eigenvalue weighted by molar-refractivity contribution is 5.62. The Hall–Kier alpha value is -1.51. The van der Waals surface area contributed by atoms with Crippen molar-refractivity contribution in [3.8, 4) is 11.5 Å². The molecule has 0 spiro atoms. The molecule has 82 valence electrons. The van der Waals surface area contributed by atoms with Gasteiger partial charge >= 0.3 is 0 Å². The molecule has 1 unspecified atom stereocenters. The summed E-state index contributed by atoms with van der Waals surface area (Å²) in [5, 5.41) is 0. The Kier molecular flexibility index (Phi) is 4.16. The third-order valence-corrected chi connectivity index (χ3v) is 2.22. The van der Waals surface area contributed by atoms with Gasteiger partial charge in [0.1, 0.15) is 6.29 Å². The quantitative estimate of drug-likeness (QED) is 0.697. The molecule has 1 aromatic carbocycles. The first-order chi connectivity index (χ1) is 7.22. The number of rotatable bonds is 5. The van der Waals surface area contributed by atoms with Gasteiger partial charge in [0.2, 0.25) is 0 Å². The van der Waals surface area contributed by atoms with Crippen LogP contribution in [0, 0.1) is 0 Å². The minimum absolute atomic E-state index is 0.116. The summed E-state index contributed by atoms with van der Waals surface area (Å²) in [5.41, 5.74) is 0.939. The molecular formula is C12H16O3. The zero-order valence-corrected chi connectivity index (χ0v) is 9.32. The molecule has 15 heavy (non-hydrogen) atoms. The van der Waals surface area contributed by atoms with E-state index in [0.717, 1.165) is 11.8 Å². The van der Waals surface area contributed by atoms with Crippen molar-refractivity contribution in [2.75, 3.05) is 13.7 Å². The van der Waals surface area contributed by atoms with Crippen LogP contribution in [0.3, 0.4) is 0 Å². The molecule has 0 aromatic heterocycles. The largest absolute Gasteiger partial charge is 0.493 e. The van der Waals surface area contributed by atoms with E-state index in [1.54, 1.807) is 7.11 Å². The molecule has 0 aliphatic carbocycles. The molecule has 1 aromatic rings. The van der Waals surface area contributed by atoms with Gasteiger partial charge in [0.15, 0.2) is 11.5 Å². The molecule has 0 bridgehead atoms. The number of carbonyl (C=O) groups is 1. The van der Waals surface area contributed by atoms with Gasteiger partial charge in [0, 0.05) is 5.92 Å². The summed E-state index contributed by atoms with van der Waals surface area (Å²) >= 11 is 0. The van der Waals surface area contributed by atoms with Crippen molar-refractivity contribution in [2.45, 2.75) is 19.8 Å². The number of aldehydes is 1. The Morgan fingerprint density at radius 2 is 2.13 bits per heavy atom. The van der Waals surface area contributed by atoms with Gasteiger partial charge in [-0.05, 0) is 24.6 Å². The summed E-state index contributed by atoms with van der Waals surface area (Å²) in [4.78, 5) is 10.7. The van der Waals surface area contributed by atoms with Crippen LogP contribution in [0.5, 0.6) is 11.5 Å². The zero-order chi connectivity index (χ0) is 11.3. The van der Waals surface area contributed by atoms with Crippen LogP contribution in [0.4, 0.5) is 0 Å². The molecule has 0 N–H and O–H groups in total. The van der Waals surface area contributed by atoms with E-state index in [1.165, 1.54) is 0 Å². The van der Waals surface area contributed by atoms with Crippen LogP contribution < -0.4 is 9.47 Å². The van der Waals surface area contributed by atoms with Crippen molar-refractivity contribution in [1.82, 2.24) is 0 Å². The van der Waals surface area contributed by atoms with Crippen molar-refractivity contribution < 1.29 is 14.3 Å². The summed E-state index contributed by atoms with van der Waals surface area (Å²) in [5.74, 6) is 1.26. The number of methoxy groups -OCH3 is 1. The maximum absolute atomic E-state index is 10.7. The summed E-state index contributed by atoms with van der Waals surface area (Å²) in [6.07, 6.45) is 0.914. The van der Waals surface area contributed by atoms with Gasteiger partial charge in [-0.2, -0.15) is 0 Å². The lowest BCUT2D eigenvalue weighted by Gasteiger charge is -2.12. The lowest BCUT2D eigenvalue weighted by molar-refractivity contribution is -0.108. The summed E-state index contributed by atoms with van der Waals surface area (Å²) < 4.78 is 10.6. The second kappa shape index (κ2) is 5.39. The molecular weight excluding hydrogens is 192 g/mol. The Balaban J connectivity index is 3.03. The molecule has 0 radical (unpaired) electrons. The van der Waals surface area contributed by atoms with Gasteiger partial charge in [-0.15, -0.1) is 0 Å². The fraction of sp³-hybridized carbons (Fsp3) is 0.417. The molecule has 3 heteroatoms. The van der Waals surface area contributed by atoms with Crippen molar-refractivity contribution in [3.63, 3.8) is 0 Å². The molecule has 0 saturated carbocycles. The standard InChI is InChI=1S/C12H16O3/c1-4-15-12-7-10(9(2)8-13)5-6-11(12)14-3/h5-9H,4H2,1-3H3. The van der Waals surface area contributed by atoms with E-state index in [-0.39, 0.29) is 5.92 Å². The predicted molar refractivity (Wildman–Crippen MR) is 58.6 cm³/mol. The van der Waals surface area contributed by atoms with Crippen LogP contribution in [0.1, 0.15) is 25.3 Å². The first-order valence-corrected chi connectivity index (χ1v) is 4.99. The minimum atomic E-state index is -0.116. The Morgan fingerprint density at radius 1 is 1.40 bits per heavy atom. The van der Waals surface area contributed by atoms with Crippen molar-refractivity contribution in [3.05, 3.63) is 23.8 Å². The van der Waals surface area contributed by atoms with Gasteiger partial charge in [0.05, 0.1) is 13.7 Å². The number of carbonyl (C=O) groups excluding carboxylic acids is 1. The van der Waals surface area contributed by atoms with E-state index in [9.17, 15) is 4.79 Å². The Labute approximate surface area is 90.0 Å². The maximum Gasteiger partial charge on any atom is 0.161 e. The van der Waals surface area contributed by atoms with Crippen LogP contribution in [0.15, 0.2) is 18.2 Å². The molecule has 0 amide bonds. The van der Waals surface area contributed by atoms with E-state index >= 15 is 0 Å². The fourth-order valence-corrected chi connectivity index (χ4v) is 1.32. The van der Waals surface area contributed by atoms with Crippen LogP contribution >= 0.6 is 0 Å². The van der Waals surface area contributed by atoms with Crippen LogP contribution in [0.2, 0.25) is 0 Å². The number of benzene rings is 1. The second-order valence-electron chi connectivity index (χ2n) is 3.27. The SMILES string of the molecule is CCOc1cc(C(C)C=O)ccc1OC. The molecule has 0 saturated heterocycles. The molecule has 0 heterocycles. The van der Waals surface area contributed by atoms with Crippen LogP contribution in [0.25, 0.3) is 0 Å². The number of hydrogen-bond donors (Lipinski definition) is 0. The third kappa shape index (κ3) is 2.72. The summed E-state index contributed by atoms with van der Waals surface area (Å²) in [6, 6.07) is 5.54. The maximum atomic E-state index is 10.7. The number of ether oxygens (including phenoxy) is 2. The highest BCUT2D eigenvalue weighted by Crippen LogP contribution is 2.30. The molecule has 3 nitrogen and oxygen atoms in total. The van der Waals surface area contributed by atoms with Gasteiger partial charge in [-0.25, -0.2) is 0 Å².